The summed E-state index contributed by atoms with van der Waals surface area (Å²) in [6, 6.07) is 18.3. The van der Waals surface area contributed by atoms with Gasteiger partial charge in [-0.15, -0.1) is 0 Å². The zero-order valence-corrected chi connectivity index (χ0v) is 19.0. The number of aliphatic imine (C=N–C) groups is 1. The molecule has 3 heterocycles. The van der Waals surface area contributed by atoms with Crippen molar-refractivity contribution in [3.63, 3.8) is 0 Å². The van der Waals surface area contributed by atoms with Gasteiger partial charge in [0, 0.05) is 54.5 Å². The van der Waals surface area contributed by atoms with Crippen LogP contribution in [0.25, 0.3) is 16.7 Å². The van der Waals surface area contributed by atoms with E-state index in [1.807, 2.05) is 12.3 Å². The summed E-state index contributed by atoms with van der Waals surface area (Å²) >= 11 is 0. The molecular weight excluding hydrogens is 396 g/mol. The molecule has 2 aromatic carbocycles. The quantitative estimate of drug-likeness (QED) is 0.610. The highest BCUT2D eigenvalue weighted by Crippen LogP contribution is 2.29. The molecule has 5 rings (SSSR count). The molecule has 32 heavy (non-hydrogen) atoms. The molecule has 5 nitrogen and oxygen atoms in total. The molecule has 1 fully saturated rings. The number of furan rings is 1. The molecule has 1 N–H and O–H groups in total. The fourth-order valence-corrected chi connectivity index (χ4v) is 4.56. The maximum absolute atomic E-state index is 5.26. The smallest absolute Gasteiger partial charge is 0.0980 e. The van der Waals surface area contributed by atoms with E-state index in [0.29, 0.717) is 18.6 Å². The molecule has 0 amide bonds. The second-order valence-electron chi connectivity index (χ2n) is 8.91. The summed E-state index contributed by atoms with van der Waals surface area (Å²) in [6.07, 6.45) is 7.54. The lowest BCUT2D eigenvalue weighted by atomic mass is 9.94. The first-order chi connectivity index (χ1) is 15.6. The second-order valence-corrected chi connectivity index (χ2v) is 8.91. The highest BCUT2D eigenvalue weighted by molar-refractivity contribution is 5.94. The number of hydrogen-bond donors (Lipinski definition) is 1. The number of nitrogens with one attached hydrogen (secondary N) is 1. The van der Waals surface area contributed by atoms with Crippen molar-refractivity contribution in [2.45, 2.75) is 25.9 Å². The van der Waals surface area contributed by atoms with Crippen LogP contribution in [0.1, 0.15) is 25.0 Å². The van der Waals surface area contributed by atoms with Gasteiger partial charge in [-0.05, 0) is 79.6 Å². The van der Waals surface area contributed by atoms with Gasteiger partial charge in [0.15, 0.2) is 0 Å². The van der Waals surface area contributed by atoms with Crippen LogP contribution in [0.3, 0.4) is 0 Å². The van der Waals surface area contributed by atoms with Gasteiger partial charge in [-0.3, -0.25) is 9.89 Å². The van der Waals surface area contributed by atoms with E-state index in [0.717, 1.165) is 35.5 Å². The molecule has 0 bridgehead atoms. The molecule has 0 spiro atoms. The topological polar surface area (TPSA) is 44.0 Å². The molecule has 0 saturated carbocycles. The lowest BCUT2D eigenvalue weighted by molar-refractivity contribution is 0.170. The van der Waals surface area contributed by atoms with E-state index in [4.69, 9.17) is 4.42 Å². The summed E-state index contributed by atoms with van der Waals surface area (Å²) in [5, 5.41) is 3.48. The van der Waals surface area contributed by atoms with Crippen molar-refractivity contribution in [1.29, 1.82) is 0 Å². The fourth-order valence-electron chi connectivity index (χ4n) is 4.56. The van der Waals surface area contributed by atoms with Gasteiger partial charge in [0.2, 0.25) is 0 Å². The first-order valence-electron chi connectivity index (χ1n) is 11.3. The Bertz CT molecular complexity index is 1120. The Morgan fingerprint density at radius 3 is 2.50 bits per heavy atom. The van der Waals surface area contributed by atoms with Gasteiger partial charge in [0.05, 0.1) is 19.1 Å². The lowest BCUT2D eigenvalue weighted by Gasteiger charge is -2.43. The molecule has 0 radical (unpaired) electrons. The summed E-state index contributed by atoms with van der Waals surface area (Å²) in [5.41, 5.74) is 8.14. The third-order valence-electron chi connectivity index (χ3n) is 6.75. The number of hydrogen-bond acceptors (Lipinski definition) is 5. The van der Waals surface area contributed by atoms with Crippen LogP contribution < -0.4 is 10.2 Å². The average Bonchev–Trinajstić information content (AvgIpc) is 3.36. The van der Waals surface area contributed by atoms with E-state index in [1.165, 1.54) is 16.8 Å². The van der Waals surface area contributed by atoms with Crippen LogP contribution in [-0.2, 0) is 0 Å². The van der Waals surface area contributed by atoms with Crippen LogP contribution in [0.2, 0.25) is 0 Å². The maximum atomic E-state index is 5.26. The lowest BCUT2D eigenvalue weighted by Crippen LogP contribution is -2.55. The van der Waals surface area contributed by atoms with Crippen LogP contribution in [-0.4, -0.2) is 49.9 Å². The van der Waals surface area contributed by atoms with Crippen molar-refractivity contribution >= 4 is 23.2 Å². The summed E-state index contributed by atoms with van der Waals surface area (Å²) < 4.78 is 5.26. The Balaban J connectivity index is 1.32. The summed E-state index contributed by atoms with van der Waals surface area (Å²) in [7, 11) is 2.22. The third-order valence-corrected chi connectivity index (χ3v) is 6.75. The number of piperazine rings is 1. The SMILES string of the molecule is C[C@@H]1CN(c2ccc(NC=C3CN=Cc4ccc(-c5ccoc5)cc43)cc2)C[C@H](C)N1C. The minimum atomic E-state index is 0.556. The van der Waals surface area contributed by atoms with Crippen molar-refractivity contribution in [3.8, 4) is 11.1 Å². The number of rotatable bonds is 4. The van der Waals surface area contributed by atoms with Crippen molar-refractivity contribution in [2.24, 2.45) is 4.99 Å². The molecule has 2 aliphatic rings. The monoisotopic (exact) mass is 426 g/mol. The van der Waals surface area contributed by atoms with Crippen LogP contribution in [0, 0.1) is 0 Å². The largest absolute Gasteiger partial charge is 0.472 e. The molecule has 0 aliphatic carbocycles. The highest BCUT2D eigenvalue weighted by atomic mass is 16.3. The summed E-state index contributed by atoms with van der Waals surface area (Å²) in [6.45, 7) is 7.39. The van der Waals surface area contributed by atoms with Crippen LogP contribution in [0.15, 0.2) is 76.7 Å². The van der Waals surface area contributed by atoms with Gasteiger partial charge in [-0.2, -0.15) is 0 Å². The average molecular weight is 427 g/mol. The molecule has 164 valence electrons. The van der Waals surface area contributed by atoms with Crippen molar-refractivity contribution in [2.75, 3.05) is 36.9 Å². The Morgan fingerprint density at radius 1 is 1.00 bits per heavy atom. The molecule has 2 atom stereocenters. The number of likely N-dealkylation sites (N-methyl/N-ethyl adjacent to an activating group) is 1. The molecular formula is C27H30N4O. The molecule has 1 aromatic heterocycles. The van der Waals surface area contributed by atoms with Gasteiger partial charge in [-0.25, -0.2) is 0 Å². The number of nitrogens with zero attached hydrogens (tertiary/aromatic N) is 3. The minimum absolute atomic E-state index is 0.556. The number of fused-ring (bicyclic) bond motifs is 1. The van der Waals surface area contributed by atoms with E-state index in [1.54, 1.807) is 12.5 Å². The standard InChI is InChI=1S/C27H30N4O/c1-19-16-31(17-20(2)30(19)3)26-8-6-25(7-9-26)29-15-24-14-28-13-22-5-4-21(12-27(22)24)23-10-11-32-18-23/h4-13,15,18-20,29H,14,16-17H2,1-3H3/t19-,20+. The normalized spacial score (nSPS) is 22.2. The number of benzene rings is 2. The van der Waals surface area contributed by atoms with Gasteiger partial charge >= 0.3 is 0 Å². The van der Waals surface area contributed by atoms with E-state index in [-0.39, 0.29) is 0 Å². The first-order valence-corrected chi connectivity index (χ1v) is 11.3. The highest BCUT2D eigenvalue weighted by Gasteiger charge is 2.26. The van der Waals surface area contributed by atoms with E-state index in [2.05, 4.69) is 89.7 Å². The van der Waals surface area contributed by atoms with Crippen LogP contribution in [0.5, 0.6) is 0 Å². The molecule has 0 unspecified atom stereocenters. The maximum Gasteiger partial charge on any atom is 0.0980 e. The predicted molar refractivity (Wildman–Crippen MR) is 134 cm³/mol. The van der Waals surface area contributed by atoms with Gasteiger partial charge in [0.25, 0.3) is 0 Å². The fraction of sp³-hybridized carbons (Fsp3) is 0.296. The minimum Gasteiger partial charge on any atom is -0.472 e. The molecule has 5 heteroatoms. The molecule has 1 saturated heterocycles. The zero-order chi connectivity index (χ0) is 22.1. The van der Waals surface area contributed by atoms with Gasteiger partial charge in [0.1, 0.15) is 0 Å². The van der Waals surface area contributed by atoms with Gasteiger partial charge in [-0.1, -0.05) is 12.1 Å². The Kier molecular flexibility index (Phi) is 5.58. The first kappa shape index (κ1) is 20.6. The Labute approximate surface area is 190 Å². The Hall–Kier alpha value is -3.31. The van der Waals surface area contributed by atoms with Crippen LogP contribution in [0.4, 0.5) is 11.4 Å². The third kappa shape index (κ3) is 4.08. The van der Waals surface area contributed by atoms with Crippen LogP contribution >= 0.6 is 0 Å². The molecule has 2 aliphatic heterocycles. The second kappa shape index (κ2) is 8.67. The van der Waals surface area contributed by atoms with E-state index >= 15 is 0 Å². The zero-order valence-electron chi connectivity index (χ0n) is 19.0. The van der Waals surface area contributed by atoms with Crippen molar-refractivity contribution in [3.05, 3.63) is 78.4 Å². The predicted octanol–water partition coefficient (Wildman–Crippen LogP) is 5.36. The Morgan fingerprint density at radius 2 is 1.78 bits per heavy atom. The van der Waals surface area contributed by atoms with Crippen molar-refractivity contribution in [1.82, 2.24) is 4.90 Å². The summed E-state index contributed by atoms with van der Waals surface area (Å²) in [5.74, 6) is 0. The van der Waals surface area contributed by atoms with E-state index < -0.39 is 0 Å². The number of anilines is 2. The summed E-state index contributed by atoms with van der Waals surface area (Å²) in [4.78, 5) is 9.48. The van der Waals surface area contributed by atoms with Gasteiger partial charge < -0.3 is 14.6 Å². The van der Waals surface area contributed by atoms with E-state index in [9.17, 15) is 0 Å². The van der Waals surface area contributed by atoms with Crippen molar-refractivity contribution < 1.29 is 4.42 Å². The molecule has 3 aromatic rings.